The topological polar surface area (TPSA) is 29.5 Å². The normalized spacial score (nSPS) is 31.4. The molecule has 0 aromatic heterocycles. The van der Waals surface area contributed by atoms with Gasteiger partial charge in [0.1, 0.15) is 0 Å². The molecular formula is C27H31NO2. The van der Waals surface area contributed by atoms with Crippen LogP contribution in [-0.4, -0.2) is 36.6 Å². The van der Waals surface area contributed by atoms with Crippen molar-refractivity contribution in [3.05, 3.63) is 65.7 Å². The molecule has 0 spiro atoms. The molecule has 5 aliphatic rings. The number of hydrogen-bond acceptors (Lipinski definition) is 3. The van der Waals surface area contributed by atoms with Crippen LogP contribution < -0.4 is 0 Å². The summed E-state index contributed by atoms with van der Waals surface area (Å²) in [5.74, 6) is 1.66. The Morgan fingerprint density at radius 1 is 1.00 bits per heavy atom. The van der Waals surface area contributed by atoms with Crippen molar-refractivity contribution in [1.29, 1.82) is 0 Å². The second kappa shape index (κ2) is 8.39. The van der Waals surface area contributed by atoms with E-state index in [0.29, 0.717) is 24.5 Å². The fraction of sp³-hybridized carbons (Fsp3) is 0.444. The maximum atomic E-state index is 11.5. The molecule has 0 amide bonds. The molecule has 4 aliphatic heterocycles. The number of carbonyl (C=O) groups is 1. The number of fused-ring (bicyclic) bond motifs is 2. The second-order valence-electron chi connectivity index (χ2n) is 9.30. The number of carbonyl (C=O) groups excluding carboxylic acids is 1. The largest absolute Gasteiger partial charge is 0.465 e. The zero-order valence-electron chi connectivity index (χ0n) is 17.8. The van der Waals surface area contributed by atoms with Gasteiger partial charge in [0.15, 0.2) is 0 Å². The average Bonchev–Trinajstić information content (AvgIpc) is 2.75. The molecule has 5 unspecified atom stereocenters. The van der Waals surface area contributed by atoms with Gasteiger partial charge in [-0.3, -0.25) is 9.69 Å². The monoisotopic (exact) mass is 401 g/mol. The van der Waals surface area contributed by atoms with Crippen molar-refractivity contribution >= 4 is 12.0 Å². The first-order valence-electron chi connectivity index (χ1n) is 11.4. The zero-order valence-corrected chi connectivity index (χ0v) is 17.8. The van der Waals surface area contributed by atoms with E-state index in [4.69, 9.17) is 4.74 Å². The highest BCUT2D eigenvalue weighted by molar-refractivity contribution is 5.67. The van der Waals surface area contributed by atoms with Crippen molar-refractivity contribution in [2.75, 3.05) is 19.7 Å². The Morgan fingerprint density at radius 2 is 1.73 bits per heavy atom. The first-order chi connectivity index (χ1) is 14.7. The van der Waals surface area contributed by atoms with E-state index in [0.717, 1.165) is 12.5 Å². The quantitative estimate of drug-likeness (QED) is 0.641. The van der Waals surface area contributed by atoms with Crippen LogP contribution in [0.3, 0.4) is 0 Å². The molecule has 0 N–H and O–H groups in total. The smallest absolute Gasteiger partial charge is 0.302 e. The van der Waals surface area contributed by atoms with Crippen molar-refractivity contribution in [3.63, 3.8) is 0 Å². The highest BCUT2D eigenvalue weighted by Crippen LogP contribution is 2.46. The van der Waals surface area contributed by atoms with E-state index in [1.54, 1.807) is 0 Å². The van der Waals surface area contributed by atoms with Crippen molar-refractivity contribution in [1.82, 2.24) is 4.90 Å². The summed E-state index contributed by atoms with van der Waals surface area (Å²) >= 11 is 0. The lowest BCUT2D eigenvalue weighted by molar-refractivity contribution is -0.145. The molecule has 5 fully saturated rings. The maximum Gasteiger partial charge on any atom is 0.302 e. The van der Waals surface area contributed by atoms with Gasteiger partial charge in [-0.25, -0.2) is 0 Å². The Morgan fingerprint density at radius 3 is 2.50 bits per heavy atom. The van der Waals surface area contributed by atoms with Gasteiger partial charge < -0.3 is 4.74 Å². The predicted octanol–water partition coefficient (Wildman–Crippen LogP) is 5.42. The van der Waals surface area contributed by atoms with Gasteiger partial charge in [-0.2, -0.15) is 0 Å². The van der Waals surface area contributed by atoms with E-state index in [-0.39, 0.29) is 5.97 Å². The second-order valence-corrected chi connectivity index (χ2v) is 9.30. The number of piperidine rings is 2. The summed E-state index contributed by atoms with van der Waals surface area (Å²) in [4.78, 5) is 14.2. The summed E-state index contributed by atoms with van der Waals surface area (Å²) in [5, 5.41) is 0. The lowest BCUT2D eigenvalue weighted by Crippen LogP contribution is -2.57. The summed E-state index contributed by atoms with van der Waals surface area (Å²) in [6.45, 7) is 4.38. The third kappa shape index (κ3) is 3.96. The molecule has 3 nitrogen and oxygen atoms in total. The molecule has 4 bridgehead atoms. The van der Waals surface area contributed by atoms with Crippen molar-refractivity contribution < 1.29 is 9.53 Å². The molecule has 2 aromatic rings. The Bertz CT molecular complexity index is 918. The summed E-state index contributed by atoms with van der Waals surface area (Å²) < 4.78 is 5.55. The van der Waals surface area contributed by atoms with Gasteiger partial charge in [0.05, 0.1) is 6.61 Å². The number of esters is 1. The van der Waals surface area contributed by atoms with Crippen LogP contribution in [0, 0.1) is 17.8 Å². The molecule has 2 aromatic carbocycles. The lowest BCUT2D eigenvalue weighted by Gasteiger charge is -2.53. The minimum Gasteiger partial charge on any atom is -0.465 e. The Balaban J connectivity index is 1.42. The first kappa shape index (κ1) is 19.6. The fourth-order valence-electron chi connectivity index (χ4n) is 5.97. The number of hydrogen-bond donors (Lipinski definition) is 0. The van der Waals surface area contributed by atoms with Gasteiger partial charge in [0.25, 0.3) is 0 Å². The minimum absolute atomic E-state index is 0.154. The van der Waals surface area contributed by atoms with E-state index in [2.05, 4.69) is 65.6 Å². The molecule has 1 saturated carbocycles. The number of nitrogens with zero attached hydrogens (tertiary/aromatic N) is 1. The van der Waals surface area contributed by atoms with Crippen molar-refractivity contribution in [2.24, 2.45) is 17.8 Å². The molecule has 3 heteroatoms. The van der Waals surface area contributed by atoms with Crippen LogP contribution in [-0.2, 0) is 9.53 Å². The predicted molar refractivity (Wildman–Crippen MR) is 121 cm³/mol. The van der Waals surface area contributed by atoms with Crippen LogP contribution in [0.2, 0.25) is 0 Å². The highest BCUT2D eigenvalue weighted by atomic mass is 16.5. The molecule has 30 heavy (non-hydrogen) atoms. The summed E-state index contributed by atoms with van der Waals surface area (Å²) in [5.41, 5.74) is 5.31. The van der Waals surface area contributed by atoms with Gasteiger partial charge >= 0.3 is 5.97 Å². The molecule has 156 valence electrons. The van der Waals surface area contributed by atoms with Crippen LogP contribution in [0.5, 0.6) is 0 Å². The van der Waals surface area contributed by atoms with Gasteiger partial charge in [-0.15, -0.1) is 0 Å². The van der Waals surface area contributed by atoms with E-state index in [1.165, 1.54) is 61.4 Å². The van der Waals surface area contributed by atoms with Crippen LogP contribution in [0.15, 0.2) is 60.2 Å². The number of rotatable bonds is 4. The Labute approximate surface area is 179 Å². The van der Waals surface area contributed by atoms with E-state index < -0.39 is 0 Å². The first-order valence-corrected chi connectivity index (χ1v) is 11.4. The lowest BCUT2D eigenvalue weighted by atomic mass is 9.66. The summed E-state index contributed by atoms with van der Waals surface area (Å²) in [6.07, 6.45) is 7.53. The van der Waals surface area contributed by atoms with Gasteiger partial charge in [-0.05, 0) is 54.2 Å². The van der Waals surface area contributed by atoms with Crippen molar-refractivity contribution in [3.8, 4) is 11.1 Å². The third-order valence-corrected chi connectivity index (χ3v) is 7.44. The average molecular weight is 402 g/mol. The fourth-order valence-corrected chi connectivity index (χ4v) is 5.97. The molecule has 1 aliphatic carbocycles. The van der Waals surface area contributed by atoms with E-state index >= 15 is 0 Å². The van der Waals surface area contributed by atoms with Crippen LogP contribution in [0.25, 0.3) is 17.2 Å². The number of ether oxygens (including phenoxy) is 1. The molecule has 4 heterocycles. The van der Waals surface area contributed by atoms with Crippen LogP contribution in [0.4, 0.5) is 0 Å². The van der Waals surface area contributed by atoms with Crippen LogP contribution in [0.1, 0.15) is 38.2 Å². The third-order valence-electron chi connectivity index (χ3n) is 7.44. The SMILES string of the molecule is CC(=O)OCC1C2CCC3CCC1N(C/C2=C\c1ccc(-c2ccccc2)cc1)C3. The minimum atomic E-state index is -0.154. The van der Waals surface area contributed by atoms with Gasteiger partial charge in [0.2, 0.25) is 0 Å². The molecule has 0 radical (unpaired) electrons. The highest BCUT2D eigenvalue weighted by Gasteiger charge is 2.45. The van der Waals surface area contributed by atoms with Gasteiger partial charge in [0, 0.05) is 32.0 Å². The maximum absolute atomic E-state index is 11.5. The number of benzene rings is 2. The van der Waals surface area contributed by atoms with Gasteiger partial charge in [-0.1, -0.05) is 66.2 Å². The summed E-state index contributed by atoms with van der Waals surface area (Å²) in [6, 6.07) is 20.0. The Hall–Kier alpha value is -2.39. The molecule has 5 atom stereocenters. The standard InChI is InChI=1S/C27H31NO2/c1-19(29)30-18-26-25-13-9-21-10-14-27(26)28(16-21)17-24(25)15-20-7-11-23(12-8-20)22-5-3-2-4-6-22/h2-8,11-12,15,21,25-27H,9-10,13-14,16-18H2,1H3/b24-15+. The van der Waals surface area contributed by atoms with Crippen molar-refractivity contribution in [2.45, 2.75) is 38.6 Å². The summed E-state index contributed by atoms with van der Waals surface area (Å²) in [7, 11) is 0. The van der Waals surface area contributed by atoms with Crippen LogP contribution >= 0.6 is 0 Å². The van der Waals surface area contributed by atoms with E-state index in [1.807, 2.05) is 0 Å². The zero-order chi connectivity index (χ0) is 20.5. The Kier molecular flexibility index (Phi) is 5.47. The molecule has 4 saturated heterocycles. The van der Waals surface area contributed by atoms with E-state index in [9.17, 15) is 4.79 Å². The molecular weight excluding hydrogens is 370 g/mol. The molecule has 7 rings (SSSR count).